The van der Waals surface area contributed by atoms with Gasteiger partial charge in [-0.1, -0.05) is 154 Å². The zero-order valence-electron chi connectivity index (χ0n) is 46.8. The number of methoxy groups -OCH3 is 2. The summed E-state index contributed by atoms with van der Waals surface area (Å²) in [7, 11) is 2.51. The molecular formula is C61H94AcNO11-. The Kier molecular flexibility index (Phi) is 33.4. The number of aliphatic hydroxyl groups is 1. The van der Waals surface area contributed by atoms with Crippen LogP contribution in [0.25, 0.3) is 0 Å². The third-order valence-electron chi connectivity index (χ3n) is 15.4. The number of fused-ring (bicyclic) bond motifs is 5. The molecule has 2 aliphatic heterocycles. The van der Waals surface area contributed by atoms with E-state index >= 15 is 0 Å². The Morgan fingerprint density at radius 3 is 1.85 bits per heavy atom. The van der Waals surface area contributed by atoms with Crippen molar-refractivity contribution in [2.45, 2.75) is 195 Å². The monoisotopic (exact) mass is 1240 g/mol. The number of esters is 1. The number of carbonyl (C=O) groups excluding carboxylic acids is 4. The van der Waals surface area contributed by atoms with E-state index in [2.05, 4.69) is 42.4 Å². The van der Waals surface area contributed by atoms with Crippen molar-refractivity contribution in [1.29, 1.82) is 0 Å². The molecule has 74 heavy (non-hydrogen) atoms. The van der Waals surface area contributed by atoms with Crippen molar-refractivity contribution in [2.75, 3.05) is 34.0 Å². The summed E-state index contributed by atoms with van der Waals surface area (Å²) in [5.74, 6) is 0.0559. The minimum absolute atomic E-state index is 0. The smallest absolute Gasteiger partial charge is 0.476 e. The van der Waals surface area contributed by atoms with Crippen LogP contribution in [0.1, 0.15) is 180 Å². The first kappa shape index (κ1) is 67.1. The van der Waals surface area contributed by atoms with Crippen LogP contribution in [0.5, 0.6) is 0 Å². The van der Waals surface area contributed by atoms with E-state index in [1.165, 1.54) is 97.7 Å². The Morgan fingerprint density at radius 1 is 0.784 bits per heavy atom. The Hall–Kier alpha value is -3.05. The number of nitrogens with two attached hydrogens (primary N) is 1. The van der Waals surface area contributed by atoms with Crippen LogP contribution in [0.3, 0.4) is 0 Å². The molecule has 0 spiro atoms. The van der Waals surface area contributed by atoms with Gasteiger partial charge in [-0.25, -0.2) is 4.79 Å². The van der Waals surface area contributed by atoms with E-state index in [1.54, 1.807) is 30.7 Å². The average Bonchev–Trinajstić information content (AvgIpc) is 3.92. The SMILES string of the molecule is CC.CC1=C2[CH-]C(=O)C3(C)C(O)CC4OCC4C3CC(C[C@@H]1OC(=O)CCc1ccccc1)C2(C)C.CCCCCCCC/C=C\CCCCCCCC1OCCO1.COC(=O)OC.NC(=O)c1ccccc1.[Ac]. The third-order valence-corrected chi connectivity index (χ3v) is 15.4. The summed E-state index contributed by atoms with van der Waals surface area (Å²) < 4.78 is 30.7. The zero-order valence-corrected chi connectivity index (χ0v) is 51.5. The molecule has 1 radical (unpaired) electrons. The van der Waals surface area contributed by atoms with Gasteiger partial charge in [0.05, 0.1) is 58.1 Å². The molecular weight excluding hydrogens is 1150 g/mol. The second-order valence-electron chi connectivity index (χ2n) is 20.6. The zero-order chi connectivity index (χ0) is 53.7. The molecule has 3 aliphatic carbocycles. The van der Waals surface area contributed by atoms with Crippen LogP contribution in [-0.4, -0.2) is 87.6 Å². The van der Waals surface area contributed by atoms with E-state index in [0.29, 0.717) is 37.4 Å². The number of carbonyl (C=O) groups is 4. The summed E-state index contributed by atoms with van der Waals surface area (Å²) in [5, 5.41) is 11.0. The van der Waals surface area contributed by atoms with Crippen molar-refractivity contribution in [3.63, 3.8) is 0 Å². The summed E-state index contributed by atoms with van der Waals surface area (Å²) in [6.45, 7) is 16.9. The number of Topliss-reactive ketones (excluding diaryl/α,β-unsaturated/α-hetero) is 1. The number of amides is 1. The van der Waals surface area contributed by atoms with Crippen molar-refractivity contribution in [3.8, 4) is 0 Å². The number of ether oxygens (including phenoxy) is 6. The number of primary amides is 1. The fraction of sp³-hybridized carbons (Fsp3) is 0.656. The van der Waals surface area contributed by atoms with Crippen LogP contribution in [-0.2, 0) is 44.4 Å². The fourth-order valence-electron chi connectivity index (χ4n) is 10.7. The standard InChI is InChI=1S/C29H37O5.C20H38O2.C7H7NO.C3H6O3.C2H6.Ac/c1-17-21-14-25(30)29(4)22(20-16-33-24(20)15-26(29)31)12-19(28(21,2)3)13-23(17)34-27(32)11-10-18-8-6-5-7-9-18;1-2-3-4-5-6-7-8-9-10-11-12-13-14-15-16-17-20-21-18-19-22-20;8-7(9)6-4-2-1-3-5-6;1-5-3(4)6-2;1-2;/h5-9,14,19-20,22-24,26,31H,10-13,15-16H2,1-4H3;9-10,20H,2-8,11-19H2,1H3;1-5H,(H2,8,9);1-2H3;1-2H3;/q-1;;;;;/b;10-9-;;;;/t19?,20?,22?,23-,24?,26?,29?;;;;;/m0...../s1. The molecule has 5 aliphatic rings. The number of aryl methyl sites for hydroxylation is 1. The maximum Gasteiger partial charge on any atom is 0.507 e. The van der Waals surface area contributed by atoms with Crippen LogP contribution in [0, 0.1) is 79.1 Å². The fourth-order valence-corrected chi connectivity index (χ4v) is 10.7. The van der Waals surface area contributed by atoms with E-state index in [1.807, 2.05) is 64.1 Å². The normalized spacial score (nSPS) is 24.2. The van der Waals surface area contributed by atoms with E-state index < -0.39 is 17.7 Å². The molecule has 1 amide bonds. The van der Waals surface area contributed by atoms with Gasteiger partial charge in [-0.3, -0.25) is 9.59 Å². The van der Waals surface area contributed by atoms with Gasteiger partial charge in [-0.05, 0) is 92.7 Å². The molecule has 6 unspecified atom stereocenters. The second-order valence-corrected chi connectivity index (χ2v) is 20.6. The largest absolute Gasteiger partial charge is 0.507 e. The number of benzene rings is 2. The molecule has 4 fully saturated rings. The van der Waals surface area contributed by atoms with Crippen molar-refractivity contribution in [1.82, 2.24) is 0 Å². The van der Waals surface area contributed by atoms with Crippen LogP contribution in [0.2, 0.25) is 0 Å². The number of hydrogen-bond donors (Lipinski definition) is 2. The topological polar surface area (TPSA) is 170 Å². The molecule has 413 valence electrons. The molecule has 2 aromatic carbocycles. The second kappa shape index (κ2) is 36.9. The van der Waals surface area contributed by atoms with Crippen LogP contribution < -0.4 is 5.73 Å². The summed E-state index contributed by atoms with van der Waals surface area (Å²) in [5.41, 5.74) is 7.62. The first-order valence-corrected chi connectivity index (χ1v) is 27.7. The van der Waals surface area contributed by atoms with Crippen LogP contribution in [0.15, 0.2) is 84.0 Å². The Labute approximate surface area is 482 Å². The van der Waals surface area contributed by atoms with Gasteiger partial charge in [0.1, 0.15) is 0 Å². The van der Waals surface area contributed by atoms with E-state index in [-0.39, 0.29) is 97.5 Å². The van der Waals surface area contributed by atoms with E-state index in [4.69, 9.17) is 24.7 Å². The van der Waals surface area contributed by atoms with Gasteiger partial charge in [0.25, 0.3) is 0 Å². The van der Waals surface area contributed by atoms with Crippen molar-refractivity contribution in [3.05, 3.63) is 102 Å². The molecule has 2 bridgehead atoms. The van der Waals surface area contributed by atoms with E-state index in [0.717, 1.165) is 49.2 Å². The molecule has 13 heteroatoms. The molecule has 3 N–H and O–H groups in total. The quantitative estimate of drug-likeness (QED) is 0.0560. The van der Waals surface area contributed by atoms with Crippen molar-refractivity contribution < 1.29 is 96.8 Å². The molecule has 2 heterocycles. The molecule has 2 aromatic rings. The number of rotatable bonds is 20. The van der Waals surface area contributed by atoms with E-state index in [9.17, 15) is 24.3 Å². The Bertz CT molecular complexity index is 1950. The van der Waals surface area contributed by atoms with Gasteiger partial charge >= 0.3 is 12.1 Å². The molecule has 2 saturated heterocycles. The number of hydrogen-bond acceptors (Lipinski definition) is 11. The maximum atomic E-state index is 13.7. The number of ketones is 1. The number of aliphatic hydroxyl groups excluding tert-OH is 1. The minimum atomic E-state index is -0.787. The van der Waals surface area contributed by atoms with Gasteiger partial charge in [0, 0.05) is 73.8 Å². The summed E-state index contributed by atoms with van der Waals surface area (Å²) in [6, 6.07) is 18.7. The molecule has 12 nitrogen and oxygen atoms in total. The molecule has 7 atom stereocenters. The van der Waals surface area contributed by atoms with Gasteiger partial charge in [-0.15, -0.1) is 6.92 Å². The van der Waals surface area contributed by atoms with Gasteiger partial charge < -0.3 is 44.1 Å². The first-order valence-electron chi connectivity index (χ1n) is 27.7. The number of unbranched alkanes of at least 4 members (excludes halogenated alkanes) is 11. The summed E-state index contributed by atoms with van der Waals surface area (Å²) in [4.78, 5) is 46.7. The molecule has 0 aromatic heterocycles. The molecule has 2 saturated carbocycles. The van der Waals surface area contributed by atoms with Crippen LogP contribution in [0.4, 0.5) is 4.79 Å². The van der Waals surface area contributed by atoms with Crippen molar-refractivity contribution in [2.24, 2.45) is 34.3 Å². The van der Waals surface area contributed by atoms with Crippen molar-refractivity contribution >= 4 is 23.8 Å². The Morgan fingerprint density at radius 2 is 1.34 bits per heavy atom. The van der Waals surface area contributed by atoms with Gasteiger partial charge in [-0.2, -0.15) is 17.6 Å². The summed E-state index contributed by atoms with van der Waals surface area (Å²) in [6.07, 6.45) is 26.9. The predicted molar refractivity (Wildman–Crippen MR) is 289 cm³/mol. The minimum Gasteiger partial charge on any atom is -0.476 e. The number of allylic oxidation sites excluding steroid dienone is 3. The third kappa shape index (κ3) is 21.8. The average molecular weight is 1240 g/mol. The van der Waals surface area contributed by atoms with Crippen LogP contribution >= 0.6 is 0 Å². The van der Waals surface area contributed by atoms with Gasteiger partial charge in [0.15, 0.2) is 6.29 Å². The molecule has 7 rings (SSSR count). The maximum absolute atomic E-state index is 13.7. The summed E-state index contributed by atoms with van der Waals surface area (Å²) >= 11 is 0. The van der Waals surface area contributed by atoms with Gasteiger partial charge in [0.2, 0.25) is 5.91 Å². The first-order chi connectivity index (χ1) is 35.2. The predicted octanol–water partition coefficient (Wildman–Crippen LogP) is 13.1. The Balaban J connectivity index is 0.000000400.